The van der Waals surface area contributed by atoms with Crippen molar-refractivity contribution in [2.24, 2.45) is 22.2 Å². The summed E-state index contributed by atoms with van der Waals surface area (Å²) in [5, 5.41) is 4.83. The summed E-state index contributed by atoms with van der Waals surface area (Å²) in [6, 6.07) is 5.05. The van der Waals surface area contributed by atoms with E-state index in [0.717, 1.165) is 11.4 Å². The summed E-state index contributed by atoms with van der Waals surface area (Å²) < 4.78 is 0. The molecule has 0 aliphatic carbocycles. The van der Waals surface area contributed by atoms with E-state index in [1.54, 1.807) is 0 Å². The van der Waals surface area contributed by atoms with Crippen LogP contribution in [0.1, 0.15) is 5.69 Å². The van der Waals surface area contributed by atoms with Gasteiger partial charge in [-0.2, -0.15) is 4.99 Å². The number of nitrogens with zero attached hydrogens (tertiary/aromatic N) is 3. The Kier molecular flexibility index (Phi) is 4.67. The van der Waals surface area contributed by atoms with E-state index in [1.165, 1.54) is 11.3 Å². The fourth-order valence-electron chi connectivity index (χ4n) is 1.62. The molecular weight excluding hydrogens is 290 g/mol. The van der Waals surface area contributed by atoms with Crippen molar-refractivity contribution < 1.29 is 4.79 Å². The second-order valence-corrected chi connectivity index (χ2v) is 4.94. The predicted molar refractivity (Wildman–Crippen MR) is 82.1 cm³/mol. The van der Waals surface area contributed by atoms with Crippen LogP contribution in [0.2, 0.25) is 0 Å². The Morgan fingerprint density at radius 1 is 1.24 bits per heavy atom. The Labute approximate surface area is 125 Å². The second-order valence-electron chi connectivity index (χ2n) is 4.11. The first-order chi connectivity index (χ1) is 10.0. The Morgan fingerprint density at radius 2 is 2.05 bits per heavy atom. The minimum atomic E-state index is -0.549. The van der Waals surface area contributed by atoms with Gasteiger partial charge in [-0.05, 0) is 12.1 Å². The number of thiazole rings is 1. The predicted octanol–water partition coefficient (Wildman–Crippen LogP) is 0.321. The van der Waals surface area contributed by atoms with Crippen LogP contribution >= 0.6 is 11.3 Å². The third kappa shape index (κ3) is 4.42. The van der Waals surface area contributed by atoms with Crippen LogP contribution in [0.5, 0.6) is 0 Å². The SMILES string of the molecule is NC(=O)NCCc1cccc(-c2csc(N=C(N)N)n2)n1. The smallest absolute Gasteiger partial charge is 0.312 e. The Balaban J connectivity index is 2.11. The molecule has 8 nitrogen and oxygen atoms in total. The number of hydrogen-bond acceptors (Lipinski definition) is 5. The second kappa shape index (κ2) is 6.66. The van der Waals surface area contributed by atoms with Gasteiger partial charge in [0.15, 0.2) is 5.96 Å². The van der Waals surface area contributed by atoms with Gasteiger partial charge in [-0.25, -0.2) is 9.78 Å². The van der Waals surface area contributed by atoms with Gasteiger partial charge in [0.05, 0.1) is 5.69 Å². The van der Waals surface area contributed by atoms with Gasteiger partial charge in [0.2, 0.25) is 5.13 Å². The Morgan fingerprint density at radius 3 is 2.76 bits per heavy atom. The summed E-state index contributed by atoms with van der Waals surface area (Å²) in [7, 11) is 0. The fourth-order valence-corrected chi connectivity index (χ4v) is 2.32. The Hall–Kier alpha value is -2.68. The van der Waals surface area contributed by atoms with E-state index >= 15 is 0 Å². The van der Waals surface area contributed by atoms with Crippen LogP contribution in [-0.2, 0) is 6.42 Å². The molecule has 0 spiro atoms. The molecule has 2 amide bonds. The van der Waals surface area contributed by atoms with Crippen LogP contribution in [0.15, 0.2) is 28.6 Å². The van der Waals surface area contributed by atoms with Gasteiger partial charge in [-0.3, -0.25) is 4.98 Å². The number of hydrogen-bond donors (Lipinski definition) is 4. The molecule has 0 aliphatic heterocycles. The minimum absolute atomic E-state index is 0.0323. The number of aliphatic imine (C=N–C) groups is 1. The van der Waals surface area contributed by atoms with Crippen molar-refractivity contribution >= 4 is 28.5 Å². The first-order valence-corrected chi connectivity index (χ1v) is 6.97. The molecule has 0 bridgehead atoms. The Bertz CT molecular complexity index is 663. The number of rotatable bonds is 5. The molecule has 2 rings (SSSR count). The van der Waals surface area contributed by atoms with Crippen molar-refractivity contribution in [3.63, 3.8) is 0 Å². The largest absolute Gasteiger partial charge is 0.370 e. The molecule has 2 heterocycles. The van der Waals surface area contributed by atoms with Crippen molar-refractivity contribution in [3.05, 3.63) is 29.3 Å². The van der Waals surface area contributed by atoms with E-state index in [0.29, 0.717) is 23.8 Å². The quantitative estimate of drug-likeness (QED) is 0.464. The van der Waals surface area contributed by atoms with Crippen molar-refractivity contribution in [1.29, 1.82) is 0 Å². The molecule has 0 aromatic carbocycles. The van der Waals surface area contributed by atoms with E-state index in [1.807, 2.05) is 23.6 Å². The zero-order valence-electron chi connectivity index (χ0n) is 11.1. The highest BCUT2D eigenvalue weighted by atomic mass is 32.1. The summed E-state index contributed by atoms with van der Waals surface area (Å²) in [5.74, 6) is -0.0323. The molecule has 0 atom stereocenters. The first-order valence-electron chi connectivity index (χ1n) is 6.09. The molecule has 0 fully saturated rings. The average molecular weight is 305 g/mol. The highest BCUT2D eigenvalue weighted by molar-refractivity contribution is 7.13. The molecule has 2 aromatic rings. The highest BCUT2D eigenvalue weighted by Crippen LogP contribution is 2.25. The maximum absolute atomic E-state index is 10.6. The van der Waals surface area contributed by atoms with Gasteiger partial charge in [-0.15, -0.1) is 11.3 Å². The monoisotopic (exact) mass is 305 g/mol. The van der Waals surface area contributed by atoms with Crippen molar-refractivity contribution in [2.75, 3.05) is 6.54 Å². The summed E-state index contributed by atoms with van der Waals surface area (Å²) in [6.07, 6.45) is 0.585. The lowest BCUT2D eigenvalue weighted by molar-refractivity contribution is 0.249. The van der Waals surface area contributed by atoms with E-state index < -0.39 is 6.03 Å². The third-order valence-corrected chi connectivity index (χ3v) is 3.20. The summed E-state index contributed by atoms with van der Waals surface area (Å²) in [4.78, 5) is 23.3. The van der Waals surface area contributed by atoms with Crippen LogP contribution in [0.4, 0.5) is 9.93 Å². The van der Waals surface area contributed by atoms with Crippen LogP contribution in [0.25, 0.3) is 11.4 Å². The van der Waals surface area contributed by atoms with Crippen LogP contribution in [-0.4, -0.2) is 28.5 Å². The molecule has 0 radical (unpaired) electrons. The molecule has 0 saturated heterocycles. The van der Waals surface area contributed by atoms with Crippen molar-refractivity contribution in [1.82, 2.24) is 15.3 Å². The van der Waals surface area contributed by atoms with Gasteiger partial charge >= 0.3 is 6.03 Å². The summed E-state index contributed by atoms with van der Waals surface area (Å²) >= 11 is 1.33. The standard InChI is InChI=1S/C12H15N7OS/c13-10(14)19-12-18-9(6-21-12)8-3-1-2-7(17-8)4-5-16-11(15)20/h1-3,6H,4-5H2,(H3,15,16,20)(H4,13,14,18,19). The maximum atomic E-state index is 10.6. The normalized spacial score (nSPS) is 10.1. The van der Waals surface area contributed by atoms with E-state index in [2.05, 4.69) is 20.3 Å². The third-order valence-electron chi connectivity index (χ3n) is 2.47. The molecule has 9 heteroatoms. The lowest BCUT2D eigenvalue weighted by atomic mass is 10.2. The molecule has 0 unspecified atom stereocenters. The van der Waals surface area contributed by atoms with Gasteiger partial charge in [0, 0.05) is 24.0 Å². The van der Waals surface area contributed by atoms with Crippen LogP contribution < -0.4 is 22.5 Å². The number of carbonyl (C=O) groups is 1. The lowest BCUT2D eigenvalue weighted by Gasteiger charge is -2.03. The van der Waals surface area contributed by atoms with Crippen molar-refractivity contribution in [3.8, 4) is 11.4 Å². The van der Waals surface area contributed by atoms with Gasteiger partial charge < -0.3 is 22.5 Å². The lowest BCUT2D eigenvalue weighted by Crippen LogP contribution is -2.31. The summed E-state index contributed by atoms with van der Waals surface area (Å²) in [5.41, 5.74) is 17.9. The zero-order chi connectivity index (χ0) is 15.2. The van der Waals surface area contributed by atoms with Crippen LogP contribution in [0, 0.1) is 0 Å². The number of aromatic nitrogens is 2. The number of guanidine groups is 1. The molecule has 7 N–H and O–H groups in total. The van der Waals surface area contributed by atoms with Crippen LogP contribution in [0.3, 0.4) is 0 Å². The molecule has 21 heavy (non-hydrogen) atoms. The number of amides is 2. The first kappa shape index (κ1) is 14.7. The molecular formula is C12H15N7OS. The van der Waals surface area contributed by atoms with E-state index in [9.17, 15) is 4.79 Å². The number of urea groups is 1. The zero-order valence-corrected chi connectivity index (χ0v) is 11.9. The van der Waals surface area contributed by atoms with Gasteiger partial charge in [0.1, 0.15) is 5.69 Å². The number of pyridine rings is 1. The average Bonchev–Trinajstić information content (AvgIpc) is 2.86. The number of nitrogens with two attached hydrogens (primary N) is 3. The molecule has 2 aromatic heterocycles. The molecule has 0 saturated carbocycles. The topological polar surface area (TPSA) is 145 Å². The summed E-state index contributed by atoms with van der Waals surface area (Å²) in [6.45, 7) is 0.433. The van der Waals surface area contributed by atoms with E-state index in [4.69, 9.17) is 17.2 Å². The number of primary amides is 1. The van der Waals surface area contributed by atoms with Gasteiger partial charge in [-0.1, -0.05) is 6.07 Å². The highest BCUT2D eigenvalue weighted by Gasteiger charge is 2.06. The van der Waals surface area contributed by atoms with Crippen molar-refractivity contribution in [2.45, 2.75) is 6.42 Å². The molecule has 0 aliphatic rings. The van der Waals surface area contributed by atoms with Gasteiger partial charge in [0.25, 0.3) is 0 Å². The number of carbonyl (C=O) groups excluding carboxylic acids is 1. The minimum Gasteiger partial charge on any atom is -0.370 e. The number of nitrogens with one attached hydrogen (secondary N) is 1. The molecule has 110 valence electrons. The fraction of sp³-hybridized carbons (Fsp3) is 0.167. The van der Waals surface area contributed by atoms with E-state index in [-0.39, 0.29) is 5.96 Å². The maximum Gasteiger partial charge on any atom is 0.312 e.